The summed E-state index contributed by atoms with van der Waals surface area (Å²) in [5.41, 5.74) is 2.90. The number of nitrogen functional groups attached to an aromatic ring is 1. The Kier molecular flexibility index (Phi) is 6.20. The smallest absolute Gasteiger partial charge is 0.237 e. The molecule has 0 unspecified atom stereocenters. The number of nitrogens with zero attached hydrogens (tertiary/aromatic N) is 3. The van der Waals surface area contributed by atoms with Gasteiger partial charge < -0.3 is 15.9 Å². The fraction of sp³-hybridized carbons (Fsp3) is 0.250. The molecule has 1 atom stereocenters. The van der Waals surface area contributed by atoms with Crippen LogP contribution in [-0.2, 0) is 11.2 Å². The van der Waals surface area contributed by atoms with E-state index in [2.05, 4.69) is 15.5 Å². The fourth-order valence-electron chi connectivity index (χ4n) is 2.61. The van der Waals surface area contributed by atoms with Gasteiger partial charge in [0, 0.05) is 12.1 Å². The summed E-state index contributed by atoms with van der Waals surface area (Å²) >= 11 is 1.27. The van der Waals surface area contributed by atoms with Gasteiger partial charge >= 0.3 is 0 Å². The molecule has 1 heterocycles. The molecule has 0 saturated carbocycles. The maximum Gasteiger partial charge on any atom is 0.237 e. The van der Waals surface area contributed by atoms with E-state index in [1.165, 1.54) is 16.4 Å². The molecule has 28 heavy (non-hydrogen) atoms. The molecular formula is C20H23N5O2S. The highest BCUT2D eigenvalue weighted by molar-refractivity contribution is 8.00. The first-order valence-corrected chi connectivity index (χ1v) is 9.70. The van der Waals surface area contributed by atoms with Gasteiger partial charge in [-0.15, -0.1) is 10.2 Å². The number of thioether (sulfide) groups is 1. The molecule has 7 nitrogen and oxygen atoms in total. The van der Waals surface area contributed by atoms with Crippen molar-refractivity contribution in [2.45, 2.75) is 30.7 Å². The third kappa shape index (κ3) is 4.83. The number of ether oxygens (including phenoxy) is 1. The van der Waals surface area contributed by atoms with Crippen molar-refractivity contribution in [1.29, 1.82) is 0 Å². The van der Waals surface area contributed by atoms with Crippen LogP contribution in [0.5, 0.6) is 5.75 Å². The molecule has 0 fully saturated rings. The molecule has 1 aromatic heterocycles. The van der Waals surface area contributed by atoms with Crippen LogP contribution in [0.15, 0.2) is 53.7 Å². The summed E-state index contributed by atoms with van der Waals surface area (Å²) in [7, 11) is 1.63. The molecule has 3 aromatic rings. The first-order chi connectivity index (χ1) is 13.5. The molecule has 8 heteroatoms. The van der Waals surface area contributed by atoms with Gasteiger partial charge in [0.2, 0.25) is 11.1 Å². The van der Waals surface area contributed by atoms with E-state index < -0.39 is 0 Å². The van der Waals surface area contributed by atoms with E-state index in [-0.39, 0.29) is 11.2 Å². The van der Waals surface area contributed by atoms with Gasteiger partial charge in [0.05, 0.1) is 12.4 Å². The molecule has 1 amide bonds. The Morgan fingerprint density at radius 3 is 2.68 bits per heavy atom. The number of carbonyl (C=O) groups is 1. The van der Waals surface area contributed by atoms with Crippen molar-refractivity contribution < 1.29 is 9.53 Å². The summed E-state index contributed by atoms with van der Waals surface area (Å²) in [4.78, 5) is 12.5. The van der Waals surface area contributed by atoms with E-state index in [1.807, 2.05) is 62.4 Å². The molecule has 0 aliphatic carbocycles. The van der Waals surface area contributed by atoms with Gasteiger partial charge in [-0.05, 0) is 49.2 Å². The quantitative estimate of drug-likeness (QED) is 0.470. The third-order valence-corrected chi connectivity index (χ3v) is 5.25. The molecule has 0 aliphatic heterocycles. The zero-order chi connectivity index (χ0) is 20.1. The average Bonchev–Trinajstić information content (AvgIpc) is 3.02. The van der Waals surface area contributed by atoms with E-state index in [4.69, 9.17) is 10.6 Å². The van der Waals surface area contributed by atoms with Crippen LogP contribution in [0.3, 0.4) is 0 Å². The van der Waals surface area contributed by atoms with Crippen LogP contribution < -0.4 is 15.9 Å². The first-order valence-electron chi connectivity index (χ1n) is 8.82. The van der Waals surface area contributed by atoms with Crippen LogP contribution >= 0.6 is 11.8 Å². The topological polar surface area (TPSA) is 95.1 Å². The highest BCUT2D eigenvalue weighted by Gasteiger charge is 2.19. The predicted octanol–water partition coefficient (Wildman–Crippen LogP) is 3.02. The highest BCUT2D eigenvalue weighted by Crippen LogP contribution is 2.23. The summed E-state index contributed by atoms with van der Waals surface area (Å²) in [6.45, 7) is 3.79. The van der Waals surface area contributed by atoms with Gasteiger partial charge in [0.15, 0.2) is 5.82 Å². The maximum absolute atomic E-state index is 12.5. The Labute approximate surface area is 168 Å². The second-order valence-corrected chi connectivity index (χ2v) is 7.72. The molecule has 0 radical (unpaired) electrons. The summed E-state index contributed by atoms with van der Waals surface area (Å²) in [6.07, 6.45) is 0.540. The number of methoxy groups -OCH3 is 1. The number of hydrogen-bond acceptors (Lipinski definition) is 6. The monoisotopic (exact) mass is 397 g/mol. The lowest BCUT2D eigenvalue weighted by molar-refractivity contribution is -0.115. The summed E-state index contributed by atoms with van der Waals surface area (Å²) in [5, 5.41) is 11.3. The lowest BCUT2D eigenvalue weighted by Crippen LogP contribution is -2.24. The van der Waals surface area contributed by atoms with Crippen molar-refractivity contribution in [3.8, 4) is 5.75 Å². The minimum Gasteiger partial charge on any atom is -0.497 e. The highest BCUT2D eigenvalue weighted by atomic mass is 32.2. The summed E-state index contributed by atoms with van der Waals surface area (Å²) < 4.78 is 6.60. The normalized spacial score (nSPS) is 11.8. The number of carbonyl (C=O) groups excluding carboxylic acids is 1. The lowest BCUT2D eigenvalue weighted by Gasteiger charge is -2.12. The van der Waals surface area contributed by atoms with Crippen LogP contribution in [0, 0.1) is 6.92 Å². The predicted molar refractivity (Wildman–Crippen MR) is 111 cm³/mol. The van der Waals surface area contributed by atoms with Crippen molar-refractivity contribution in [2.75, 3.05) is 18.3 Å². The van der Waals surface area contributed by atoms with Gasteiger partial charge in [-0.1, -0.05) is 36.0 Å². The Balaban J connectivity index is 1.63. The molecule has 2 aromatic carbocycles. The van der Waals surface area contributed by atoms with Gasteiger partial charge in [-0.3, -0.25) is 4.79 Å². The van der Waals surface area contributed by atoms with E-state index in [9.17, 15) is 4.79 Å². The zero-order valence-corrected chi connectivity index (χ0v) is 16.9. The SMILES string of the molecule is COc1ccc(Cc2nnc(S[C@H](C)C(=O)Nc3cccc(C)c3)n2N)cc1. The number of aryl methyl sites for hydroxylation is 1. The van der Waals surface area contributed by atoms with Crippen LogP contribution in [0.2, 0.25) is 0 Å². The Bertz CT molecular complexity index is 955. The van der Waals surface area contributed by atoms with Crippen molar-refractivity contribution >= 4 is 23.4 Å². The van der Waals surface area contributed by atoms with Crippen LogP contribution in [0.25, 0.3) is 0 Å². The van der Waals surface area contributed by atoms with E-state index in [0.29, 0.717) is 17.4 Å². The number of rotatable bonds is 7. The molecule has 3 rings (SSSR count). The second-order valence-electron chi connectivity index (χ2n) is 6.41. The number of benzene rings is 2. The van der Waals surface area contributed by atoms with Gasteiger partial charge in [-0.25, -0.2) is 4.68 Å². The Hall–Kier alpha value is -3.00. The third-order valence-electron chi connectivity index (χ3n) is 4.19. The van der Waals surface area contributed by atoms with Crippen LogP contribution in [0.4, 0.5) is 5.69 Å². The van der Waals surface area contributed by atoms with Crippen molar-refractivity contribution in [1.82, 2.24) is 14.9 Å². The maximum atomic E-state index is 12.5. The largest absolute Gasteiger partial charge is 0.497 e. The zero-order valence-electron chi connectivity index (χ0n) is 16.0. The first kappa shape index (κ1) is 19.8. The van der Waals surface area contributed by atoms with Crippen LogP contribution in [0.1, 0.15) is 23.9 Å². The van der Waals surface area contributed by atoms with E-state index >= 15 is 0 Å². The summed E-state index contributed by atoms with van der Waals surface area (Å²) in [5.74, 6) is 7.45. The van der Waals surface area contributed by atoms with Crippen LogP contribution in [-0.4, -0.2) is 33.1 Å². The lowest BCUT2D eigenvalue weighted by atomic mass is 10.1. The Morgan fingerprint density at radius 2 is 2.00 bits per heavy atom. The average molecular weight is 398 g/mol. The number of amides is 1. The Morgan fingerprint density at radius 1 is 1.25 bits per heavy atom. The summed E-state index contributed by atoms with van der Waals surface area (Å²) in [6, 6.07) is 15.4. The van der Waals surface area contributed by atoms with Gasteiger partial charge in [-0.2, -0.15) is 0 Å². The number of anilines is 1. The van der Waals surface area contributed by atoms with Crippen molar-refractivity contribution in [2.24, 2.45) is 0 Å². The molecule has 0 saturated heterocycles. The number of nitrogens with one attached hydrogen (secondary N) is 1. The molecule has 3 N–H and O–H groups in total. The number of nitrogens with two attached hydrogens (primary N) is 1. The van der Waals surface area contributed by atoms with E-state index in [1.54, 1.807) is 7.11 Å². The molecule has 0 bridgehead atoms. The molecular weight excluding hydrogens is 374 g/mol. The molecule has 146 valence electrons. The van der Waals surface area contributed by atoms with Crippen molar-refractivity contribution in [3.05, 3.63) is 65.5 Å². The molecule has 0 spiro atoms. The van der Waals surface area contributed by atoms with Gasteiger partial charge in [0.25, 0.3) is 0 Å². The minimum absolute atomic E-state index is 0.115. The van der Waals surface area contributed by atoms with Gasteiger partial charge in [0.1, 0.15) is 5.75 Å². The standard InChI is InChI=1S/C20H23N5O2S/c1-13-5-4-6-16(11-13)22-19(26)14(2)28-20-24-23-18(25(20)21)12-15-7-9-17(27-3)10-8-15/h4-11,14H,12,21H2,1-3H3,(H,22,26)/t14-/m1/s1. The second kappa shape index (κ2) is 8.79. The number of aromatic nitrogens is 3. The van der Waals surface area contributed by atoms with Crippen molar-refractivity contribution in [3.63, 3.8) is 0 Å². The fourth-order valence-corrected chi connectivity index (χ4v) is 3.40. The number of hydrogen-bond donors (Lipinski definition) is 2. The van der Waals surface area contributed by atoms with E-state index in [0.717, 1.165) is 22.6 Å². The minimum atomic E-state index is -0.374. The molecule has 0 aliphatic rings.